The van der Waals surface area contributed by atoms with Crippen LogP contribution in [0, 0.1) is 0 Å². The van der Waals surface area contributed by atoms with Gasteiger partial charge in [0.1, 0.15) is 5.75 Å². The zero-order chi connectivity index (χ0) is 13.0. The third-order valence-electron chi connectivity index (χ3n) is 2.35. The van der Waals surface area contributed by atoms with Gasteiger partial charge in [-0.05, 0) is 18.2 Å². The van der Waals surface area contributed by atoms with Crippen molar-refractivity contribution in [3.05, 3.63) is 63.6 Å². The van der Waals surface area contributed by atoms with E-state index in [1.165, 1.54) is 0 Å². The summed E-state index contributed by atoms with van der Waals surface area (Å²) in [6.45, 7) is -0.0225. The molecular formula is C14H10BrClO2. The number of benzene rings is 2. The van der Waals surface area contributed by atoms with Crippen molar-refractivity contribution in [1.29, 1.82) is 0 Å². The molecule has 0 aromatic heterocycles. The van der Waals surface area contributed by atoms with Gasteiger partial charge in [0.2, 0.25) is 0 Å². The third-order valence-corrected chi connectivity index (χ3v) is 3.14. The van der Waals surface area contributed by atoms with Gasteiger partial charge in [0.05, 0.1) is 5.02 Å². The molecule has 18 heavy (non-hydrogen) atoms. The second kappa shape index (κ2) is 6.03. The fourth-order valence-electron chi connectivity index (χ4n) is 1.44. The van der Waals surface area contributed by atoms with Crippen molar-refractivity contribution in [2.45, 2.75) is 0 Å². The highest BCUT2D eigenvalue weighted by Crippen LogP contribution is 2.27. The molecule has 0 atom stereocenters. The molecule has 2 rings (SSSR count). The van der Waals surface area contributed by atoms with Crippen molar-refractivity contribution in [2.24, 2.45) is 0 Å². The van der Waals surface area contributed by atoms with Crippen molar-refractivity contribution in [2.75, 3.05) is 6.61 Å². The molecule has 2 aromatic rings. The van der Waals surface area contributed by atoms with E-state index in [0.29, 0.717) is 16.3 Å². The highest BCUT2D eigenvalue weighted by molar-refractivity contribution is 9.10. The lowest BCUT2D eigenvalue weighted by Gasteiger charge is -2.07. The van der Waals surface area contributed by atoms with Gasteiger partial charge in [-0.1, -0.05) is 57.9 Å². The molecule has 0 radical (unpaired) electrons. The Kier molecular flexibility index (Phi) is 4.39. The van der Waals surface area contributed by atoms with Crippen LogP contribution in [-0.4, -0.2) is 12.4 Å². The lowest BCUT2D eigenvalue weighted by molar-refractivity contribution is 0.0921. The molecule has 92 valence electrons. The summed E-state index contributed by atoms with van der Waals surface area (Å²) >= 11 is 9.30. The summed E-state index contributed by atoms with van der Waals surface area (Å²) in [5.74, 6) is 0.429. The average Bonchev–Trinajstić information content (AvgIpc) is 2.38. The van der Waals surface area contributed by atoms with Crippen molar-refractivity contribution < 1.29 is 9.53 Å². The maximum absolute atomic E-state index is 11.8. The first kappa shape index (κ1) is 13.1. The molecule has 0 saturated carbocycles. The lowest BCUT2D eigenvalue weighted by Crippen LogP contribution is -2.11. The molecule has 2 aromatic carbocycles. The Morgan fingerprint density at radius 3 is 2.56 bits per heavy atom. The summed E-state index contributed by atoms with van der Waals surface area (Å²) in [5.41, 5.74) is 0.630. The van der Waals surface area contributed by atoms with E-state index in [4.69, 9.17) is 16.3 Å². The van der Waals surface area contributed by atoms with E-state index in [0.717, 1.165) is 4.47 Å². The summed E-state index contributed by atoms with van der Waals surface area (Å²) < 4.78 is 6.28. The van der Waals surface area contributed by atoms with E-state index < -0.39 is 0 Å². The normalized spacial score (nSPS) is 10.1. The first-order chi connectivity index (χ1) is 8.66. The maximum atomic E-state index is 11.8. The van der Waals surface area contributed by atoms with E-state index >= 15 is 0 Å². The predicted octanol–water partition coefficient (Wildman–Crippen LogP) is 4.36. The number of ketones is 1. The van der Waals surface area contributed by atoms with E-state index in [-0.39, 0.29) is 12.4 Å². The number of ether oxygens (including phenoxy) is 1. The van der Waals surface area contributed by atoms with E-state index in [2.05, 4.69) is 15.9 Å². The Labute approximate surface area is 119 Å². The minimum Gasteiger partial charge on any atom is -0.484 e. The smallest absolute Gasteiger partial charge is 0.200 e. The monoisotopic (exact) mass is 324 g/mol. The molecule has 0 aliphatic heterocycles. The standard InChI is InChI=1S/C14H10BrClO2/c15-11-6-7-14(12(16)8-11)18-9-13(17)10-4-2-1-3-5-10/h1-8H,9H2. The molecule has 4 heteroatoms. The summed E-state index contributed by atoms with van der Waals surface area (Å²) in [6, 6.07) is 14.3. The van der Waals surface area contributed by atoms with Crippen molar-refractivity contribution >= 4 is 33.3 Å². The number of Topliss-reactive ketones (excluding diaryl/α,β-unsaturated/α-hetero) is 1. The average molecular weight is 326 g/mol. The highest BCUT2D eigenvalue weighted by atomic mass is 79.9. The molecule has 0 unspecified atom stereocenters. The summed E-state index contributed by atoms with van der Waals surface area (Å²) in [6.07, 6.45) is 0. The minimum absolute atomic E-state index is 0.0225. The second-order valence-corrected chi connectivity index (χ2v) is 4.98. The zero-order valence-corrected chi connectivity index (χ0v) is 11.7. The van der Waals surface area contributed by atoms with Crippen LogP contribution < -0.4 is 4.74 Å². The topological polar surface area (TPSA) is 26.3 Å². The summed E-state index contributed by atoms with van der Waals surface area (Å²) in [4.78, 5) is 11.8. The van der Waals surface area contributed by atoms with Crippen LogP contribution in [0.5, 0.6) is 5.75 Å². The van der Waals surface area contributed by atoms with Crippen LogP contribution in [0.15, 0.2) is 53.0 Å². The van der Waals surface area contributed by atoms with Gasteiger partial charge in [-0.2, -0.15) is 0 Å². The molecule has 2 nitrogen and oxygen atoms in total. The number of carbonyl (C=O) groups excluding carboxylic acids is 1. The number of rotatable bonds is 4. The maximum Gasteiger partial charge on any atom is 0.200 e. The molecule has 0 saturated heterocycles. The van der Waals surface area contributed by atoms with Crippen LogP contribution in [0.2, 0.25) is 5.02 Å². The SMILES string of the molecule is O=C(COc1ccc(Br)cc1Cl)c1ccccc1. The highest BCUT2D eigenvalue weighted by Gasteiger charge is 2.08. The third kappa shape index (κ3) is 3.34. The van der Waals surface area contributed by atoms with Gasteiger partial charge in [-0.3, -0.25) is 4.79 Å². The van der Waals surface area contributed by atoms with Gasteiger partial charge in [-0.15, -0.1) is 0 Å². The van der Waals surface area contributed by atoms with Gasteiger partial charge in [0, 0.05) is 10.0 Å². The van der Waals surface area contributed by atoms with Gasteiger partial charge in [0.25, 0.3) is 0 Å². The van der Waals surface area contributed by atoms with Gasteiger partial charge >= 0.3 is 0 Å². The fourth-order valence-corrected chi connectivity index (χ4v) is 2.17. The van der Waals surface area contributed by atoms with E-state index in [1.807, 2.05) is 24.3 Å². The largest absolute Gasteiger partial charge is 0.484 e. The van der Waals surface area contributed by atoms with Crippen molar-refractivity contribution in [3.8, 4) is 5.75 Å². The molecule has 0 N–H and O–H groups in total. The van der Waals surface area contributed by atoms with Crippen molar-refractivity contribution in [1.82, 2.24) is 0 Å². The first-order valence-corrected chi connectivity index (χ1v) is 6.50. The Balaban J connectivity index is 2.02. The molecule has 0 aliphatic carbocycles. The number of carbonyl (C=O) groups is 1. The molecule has 0 fully saturated rings. The Hall–Kier alpha value is -1.32. The molecule has 0 spiro atoms. The van der Waals surface area contributed by atoms with Crippen LogP contribution in [0.25, 0.3) is 0 Å². The van der Waals surface area contributed by atoms with Crippen LogP contribution in [0.3, 0.4) is 0 Å². The van der Waals surface area contributed by atoms with E-state index in [9.17, 15) is 4.79 Å². The zero-order valence-electron chi connectivity index (χ0n) is 9.40. The van der Waals surface area contributed by atoms with Crippen LogP contribution >= 0.6 is 27.5 Å². The quantitative estimate of drug-likeness (QED) is 0.781. The van der Waals surface area contributed by atoms with Crippen LogP contribution in [0.4, 0.5) is 0 Å². The number of hydrogen-bond acceptors (Lipinski definition) is 2. The second-order valence-electron chi connectivity index (χ2n) is 3.65. The number of halogens is 2. The predicted molar refractivity (Wildman–Crippen MR) is 75.4 cm³/mol. The fraction of sp³-hybridized carbons (Fsp3) is 0.0714. The Morgan fingerprint density at radius 1 is 1.17 bits per heavy atom. The van der Waals surface area contributed by atoms with Gasteiger partial charge in [0.15, 0.2) is 12.4 Å². The first-order valence-electron chi connectivity index (χ1n) is 5.33. The Bertz CT molecular complexity index is 555. The van der Waals surface area contributed by atoms with Gasteiger partial charge < -0.3 is 4.74 Å². The Morgan fingerprint density at radius 2 is 1.89 bits per heavy atom. The molecule has 0 amide bonds. The number of hydrogen-bond donors (Lipinski definition) is 0. The summed E-state index contributed by atoms with van der Waals surface area (Å²) in [5, 5.41) is 0.477. The molecule has 0 aliphatic rings. The molecule has 0 heterocycles. The molecular weight excluding hydrogens is 316 g/mol. The van der Waals surface area contributed by atoms with Gasteiger partial charge in [-0.25, -0.2) is 0 Å². The molecule has 0 bridgehead atoms. The van der Waals surface area contributed by atoms with E-state index in [1.54, 1.807) is 24.3 Å². The summed E-state index contributed by atoms with van der Waals surface area (Å²) in [7, 11) is 0. The minimum atomic E-state index is -0.0745. The van der Waals surface area contributed by atoms with Crippen LogP contribution in [-0.2, 0) is 0 Å². The van der Waals surface area contributed by atoms with Crippen LogP contribution in [0.1, 0.15) is 10.4 Å². The lowest BCUT2D eigenvalue weighted by atomic mass is 10.1. The van der Waals surface area contributed by atoms with Crippen molar-refractivity contribution in [3.63, 3.8) is 0 Å².